The molecule has 35 heavy (non-hydrogen) atoms. The van der Waals surface area contributed by atoms with Gasteiger partial charge in [-0.25, -0.2) is 4.98 Å². The highest BCUT2D eigenvalue weighted by Crippen LogP contribution is 2.47. The number of amides is 1. The molecule has 1 saturated heterocycles. The van der Waals surface area contributed by atoms with E-state index >= 15 is 0 Å². The van der Waals surface area contributed by atoms with Crippen LogP contribution in [0.15, 0.2) is 36.5 Å². The molecule has 2 aromatic heterocycles. The maximum Gasteiger partial charge on any atom is 0.416 e. The smallest absolute Gasteiger partial charge is 0.416 e. The zero-order valence-electron chi connectivity index (χ0n) is 18.4. The van der Waals surface area contributed by atoms with Crippen LogP contribution in [0, 0.1) is 0 Å². The number of nitrogen functional groups attached to an aromatic ring is 1. The molecule has 180 valence electrons. The van der Waals surface area contributed by atoms with Crippen LogP contribution in [-0.2, 0) is 13.2 Å². The number of ether oxygens (including phenoxy) is 1. The average Bonchev–Trinajstić information content (AvgIpc) is 3.38. The number of hydrogen-bond acceptors (Lipinski definition) is 5. The Hall–Kier alpha value is -3.53. The van der Waals surface area contributed by atoms with Crippen molar-refractivity contribution in [1.29, 1.82) is 0 Å². The Balaban J connectivity index is 1.44. The second kappa shape index (κ2) is 7.48. The topological polar surface area (TPSA) is 86.3 Å². The van der Waals surface area contributed by atoms with E-state index in [4.69, 9.17) is 22.1 Å². The summed E-state index contributed by atoms with van der Waals surface area (Å²) < 4.78 is 47.2. The number of halogens is 4. The monoisotopic (exact) mass is 501 g/mol. The minimum Gasteiger partial charge on any atom is -0.488 e. The molecule has 1 amide bonds. The lowest BCUT2D eigenvalue weighted by Crippen LogP contribution is -2.44. The predicted octanol–water partition coefficient (Wildman–Crippen LogP) is 5.11. The first-order chi connectivity index (χ1) is 16.6. The molecule has 0 spiro atoms. The van der Waals surface area contributed by atoms with E-state index < -0.39 is 23.9 Å². The quantitative estimate of drug-likeness (QED) is 0.391. The maximum atomic E-state index is 13.8. The van der Waals surface area contributed by atoms with Crippen LogP contribution in [0.25, 0.3) is 21.8 Å². The van der Waals surface area contributed by atoms with Crippen LogP contribution in [0.2, 0.25) is 5.02 Å². The summed E-state index contributed by atoms with van der Waals surface area (Å²) in [7, 11) is 1.77. The summed E-state index contributed by atoms with van der Waals surface area (Å²) in [4.78, 5) is 19.9. The van der Waals surface area contributed by atoms with Crippen molar-refractivity contribution in [3.63, 3.8) is 0 Å². The van der Waals surface area contributed by atoms with Crippen molar-refractivity contribution in [2.24, 2.45) is 7.05 Å². The maximum absolute atomic E-state index is 13.8. The number of hydrogen-bond donors (Lipinski definition) is 1. The van der Waals surface area contributed by atoms with Gasteiger partial charge in [0, 0.05) is 24.5 Å². The first-order valence-electron chi connectivity index (χ1n) is 11.0. The van der Waals surface area contributed by atoms with Gasteiger partial charge in [0.25, 0.3) is 5.91 Å². The van der Waals surface area contributed by atoms with E-state index in [0.29, 0.717) is 47.1 Å². The molecule has 2 aromatic carbocycles. The van der Waals surface area contributed by atoms with Gasteiger partial charge in [0.15, 0.2) is 0 Å². The van der Waals surface area contributed by atoms with E-state index in [1.54, 1.807) is 35.0 Å². The molecule has 6 rings (SSSR count). The lowest BCUT2D eigenvalue weighted by molar-refractivity contribution is -0.137. The first kappa shape index (κ1) is 22.0. The molecule has 11 heteroatoms. The highest BCUT2D eigenvalue weighted by atomic mass is 35.5. The van der Waals surface area contributed by atoms with Crippen molar-refractivity contribution in [3.8, 4) is 5.75 Å². The lowest BCUT2D eigenvalue weighted by Gasteiger charge is -2.37. The zero-order chi connectivity index (χ0) is 24.6. The number of aromatic nitrogens is 3. The van der Waals surface area contributed by atoms with Gasteiger partial charge in [-0.2, -0.15) is 18.3 Å². The fraction of sp³-hybridized carbons (Fsp3) is 0.292. The number of alkyl halides is 3. The van der Waals surface area contributed by atoms with E-state index in [2.05, 4.69) is 10.1 Å². The second-order valence-electron chi connectivity index (χ2n) is 8.87. The first-order valence-corrected chi connectivity index (χ1v) is 11.4. The summed E-state index contributed by atoms with van der Waals surface area (Å²) in [5.74, 6) is 0.151. The van der Waals surface area contributed by atoms with Gasteiger partial charge < -0.3 is 15.4 Å². The molecule has 1 fully saturated rings. The summed E-state index contributed by atoms with van der Waals surface area (Å²) in [5.41, 5.74) is 7.39. The predicted molar refractivity (Wildman–Crippen MR) is 124 cm³/mol. The average molecular weight is 502 g/mol. The molecular formula is C24H19ClF3N5O2. The molecule has 0 unspecified atom stereocenters. The minimum atomic E-state index is -4.48. The van der Waals surface area contributed by atoms with Gasteiger partial charge in [-0.3, -0.25) is 9.48 Å². The van der Waals surface area contributed by atoms with Crippen molar-refractivity contribution in [1.82, 2.24) is 19.7 Å². The van der Waals surface area contributed by atoms with Crippen LogP contribution in [0.3, 0.4) is 0 Å². The SMILES string of the molecule is Cn1ncc2c(N)nc3cc(Cl)c(C(=O)N4CCC[C@@H]5Oc6cc(C(F)(F)F)ccc6[C@@H]54)cc3c21. The molecule has 2 aliphatic rings. The number of benzene rings is 2. The summed E-state index contributed by atoms with van der Waals surface area (Å²) >= 11 is 6.54. The molecule has 0 bridgehead atoms. The molecule has 7 nitrogen and oxygen atoms in total. The molecule has 4 aromatic rings. The lowest BCUT2D eigenvalue weighted by atomic mass is 9.93. The number of nitrogens with two attached hydrogens (primary N) is 1. The van der Waals surface area contributed by atoms with Gasteiger partial charge in [0.1, 0.15) is 17.7 Å². The van der Waals surface area contributed by atoms with Crippen molar-refractivity contribution in [3.05, 3.63) is 58.2 Å². The van der Waals surface area contributed by atoms with Crippen LogP contribution in [-0.4, -0.2) is 38.2 Å². The fourth-order valence-electron chi connectivity index (χ4n) is 5.20. The molecule has 2 aliphatic heterocycles. The molecule has 0 aliphatic carbocycles. The molecular weight excluding hydrogens is 483 g/mol. The number of likely N-dealkylation sites (tertiary alicyclic amines) is 1. The number of carbonyl (C=O) groups excluding carboxylic acids is 1. The number of nitrogens with zero attached hydrogens (tertiary/aromatic N) is 4. The van der Waals surface area contributed by atoms with Crippen molar-refractivity contribution in [2.45, 2.75) is 31.2 Å². The van der Waals surface area contributed by atoms with E-state index in [1.165, 1.54) is 6.07 Å². The zero-order valence-corrected chi connectivity index (χ0v) is 19.2. The van der Waals surface area contributed by atoms with Crippen LogP contribution in [0.1, 0.15) is 40.4 Å². The third-order valence-corrected chi connectivity index (χ3v) is 7.11. The Labute approximate surface area is 202 Å². The van der Waals surface area contributed by atoms with Gasteiger partial charge in [0.05, 0.1) is 44.8 Å². The third-order valence-electron chi connectivity index (χ3n) is 6.80. The number of rotatable bonds is 1. The van der Waals surface area contributed by atoms with E-state index in [1.807, 2.05) is 0 Å². The van der Waals surface area contributed by atoms with Crippen LogP contribution in [0.4, 0.5) is 19.0 Å². The number of aryl methyl sites for hydroxylation is 1. The minimum absolute atomic E-state index is 0.162. The molecule has 0 saturated carbocycles. The van der Waals surface area contributed by atoms with Gasteiger partial charge in [-0.1, -0.05) is 17.7 Å². The Bertz CT molecular complexity index is 1530. The largest absolute Gasteiger partial charge is 0.488 e. The summed E-state index contributed by atoms with van der Waals surface area (Å²) in [6.07, 6.45) is -1.99. The Morgan fingerprint density at radius 2 is 2.03 bits per heavy atom. The fourth-order valence-corrected chi connectivity index (χ4v) is 5.44. The van der Waals surface area contributed by atoms with E-state index in [-0.39, 0.29) is 22.2 Å². The van der Waals surface area contributed by atoms with Gasteiger partial charge in [-0.15, -0.1) is 0 Å². The van der Waals surface area contributed by atoms with E-state index in [0.717, 1.165) is 17.6 Å². The standard InChI is InChI=1S/C24H19ClF3N5O2/c1-32-20-14-8-13(16(25)9-17(14)31-22(29)15(20)10-30-32)23(34)33-6-2-3-18-21(33)12-5-4-11(24(26,27)28)7-19(12)35-18/h4-5,7-10,18,21H,2-3,6H2,1H3,(H2,29,31)/t18-,21-/m0/s1. The highest BCUT2D eigenvalue weighted by Gasteiger charge is 2.44. The number of fused-ring (bicyclic) bond motifs is 6. The second-order valence-corrected chi connectivity index (χ2v) is 9.28. The van der Waals surface area contributed by atoms with Crippen LogP contribution in [0.5, 0.6) is 5.75 Å². The van der Waals surface area contributed by atoms with Crippen molar-refractivity contribution >= 4 is 45.1 Å². The summed E-state index contributed by atoms with van der Waals surface area (Å²) in [6, 6.07) is 6.23. The highest BCUT2D eigenvalue weighted by molar-refractivity contribution is 6.35. The van der Waals surface area contributed by atoms with Crippen molar-refractivity contribution in [2.75, 3.05) is 12.3 Å². The number of carbonyl (C=O) groups is 1. The molecule has 2 N–H and O–H groups in total. The summed E-state index contributed by atoms with van der Waals surface area (Å²) in [5, 5.41) is 5.81. The van der Waals surface area contributed by atoms with Gasteiger partial charge in [0.2, 0.25) is 0 Å². The normalized spacial score (nSPS) is 19.6. The Morgan fingerprint density at radius 1 is 1.23 bits per heavy atom. The van der Waals surface area contributed by atoms with Crippen molar-refractivity contribution < 1.29 is 22.7 Å². The third kappa shape index (κ3) is 3.30. The van der Waals surface area contributed by atoms with Gasteiger partial charge >= 0.3 is 6.18 Å². The molecule has 0 radical (unpaired) electrons. The van der Waals surface area contributed by atoms with Gasteiger partial charge in [-0.05, 0) is 37.1 Å². The van der Waals surface area contributed by atoms with E-state index in [9.17, 15) is 18.0 Å². The Morgan fingerprint density at radius 3 is 2.80 bits per heavy atom. The van der Waals surface area contributed by atoms with Crippen LogP contribution < -0.4 is 10.5 Å². The molecule has 2 atom stereocenters. The number of pyridine rings is 1. The summed E-state index contributed by atoms with van der Waals surface area (Å²) in [6.45, 7) is 0.430. The Kier molecular flexibility index (Phi) is 4.70. The number of anilines is 1. The number of piperidine rings is 1. The van der Waals surface area contributed by atoms with Crippen LogP contribution >= 0.6 is 11.6 Å². The molecule has 4 heterocycles.